The molecule has 1 heterocycles. The van der Waals surface area contributed by atoms with Crippen LogP contribution < -0.4 is 10.2 Å². The van der Waals surface area contributed by atoms with Crippen LogP contribution in [0.4, 0.5) is 5.69 Å². The van der Waals surface area contributed by atoms with E-state index in [-0.39, 0.29) is 5.91 Å². The number of hydrogen-bond donors (Lipinski definition) is 1. The van der Waals surface area contributed by atoms with Crippen molar-refractivity contribution in [3.8, 4) is 0 Å². The number of carbonyl (C=O) groups excluding carboxylic acids is 2. The van der Waals surface area contributed by atoms with Crippen molar-refractivity contribution in [2.24, 2.45) is 0 Å². The van der Waals surface area contributed by atoms with E-state index in [1.807, 2.05) is 0 Å². The number of anilines is 1. The number of fused-ring (bicyclic) bond motifs is 1. The molecule has 0 bridgehead atoms. The smallest absolute Gasteiger partial charge is 0.253 e. The molecule has 0 fully saturated rings. The SMILES string of the molecule is CNC(=O)c1cc(Cl)c(Br)c2c1N(C=O)CCS2. The highest BCUT2D eigenvalue weighted by Gasteiger charge is 2.27. The second-order valence-corrected chi connectivity index (χ2v) is 5.93. The van der Waals surface area contributed by atoms with Crippen molar-refractivity contribution in [3.63, 3.8) is 0 Å². The maximum atomic E-state index is 11.9. The summed E-state index contributed by atoms with van der Waals surface area (Å²) in [7, 11) is 1.55. The van der Waals surface area contributed by atoms with Crippen LogP contribution in [0.15, 0.2) is 15.4 Å². The molecule has 2 amide bonds. The van der Waals surface area contributed by atoms with Crippen molar-refractivity contribution in [1.82, 2.24) is 5.32 Å². The molecule has 96 valence electrons. The monoisotopic (exact) mass is 348 g/mol. The van der Waals surface area contributed by atoms with Gasteiger partial charge < -0.3 is 10.2 Å². The van der Waals surface area contributed by atoms with Gasteiger partial charge in [0.15, 0.2) is 0 Å². The third-order valence-electron chi connectivity index (χ3n) is 2.62. The molecule has 0 saturated carbocycles. The fourth-order valence-corrected chi connectivity index (χ4v) is 3.78. The second-order valence-electron chi connectivity index (χ2n) is 3.62. The molecule has 0 unspecified atom stereocenters. The Hall–Kier alpha value is -0.720. The standard InChI is InChI=1S/C11H10BrClN2O2S/c1-14-11(17)6-4-7(13)8(12)10-9(6)15(5-16)2-3-18-10/h4-5H,2-3H2,1H3,(H,14,17). The van der Waals surface area contributed by atoms with Crippen LogP contribution >= 0.6 is 39.3 Å². The van der Waals surface area contributed by atoms with Crippen molar-refractivity contribution in [1.29, 1.82) is 0 Å². The molecule has 1 aliphatic rings. The summed E-state index contributed by atoms with van der Waals surface area (Å²) in [6, 6.07) is 1.58. The Bertz CT molecular complexity index is 524. The van der Waals surface area contributed by atoms with E-state index in [1.165, 1.54) is 4.90 Å². The number of nitrogens with zero attached hydrogens (tertiary/aromatic N) is 1. The average Bonchev–Trinajstić information content (AvgIpc) is 2.41. The van der Waals surface area contributed by atoms with E-state index < -0.39 is 0 Å². The molecule has 1 aromatic carbocycles. The van der Waals surface area contributed by atoms with Crippen LogP contribution in [0.3, 0.4) is 0 Å². The molecule has 7 heteroatoms. The quantitative estimate of drug-likeness (QED) is 0.835. The number of hydrogen-bond acceptors (Lipinski definition) is 3. The molecule has 1 aliphatic heterocycles. The lowest BCUT2D eigenvalue weighted by Gasteiger charge is -2.28. The normalized spacial score (nSPS) is 14.1. The van der Waals surface area contributed by atoms with Gasteiger partial charge in [-0.3, -0.25) is 9.59 Å². The first-order valence-corrected chi connectivity index (χ1v) is 7.34. The summed E-state index contributed by atoms with van der Waals surface area (Å²) in [6.45, 7) is 0.583. The van der Waals surface area contributed by atoms with E-state index in [9.17, 15) is 9.59 Å². The van der Waals surface area contributed by atoms with E-state index in [1.54, 1.807) is 24.9 Å². The first kappa shape index (κ1) is 13.7. The molecule has 1 N–H and O–H groups in total. The van der Waals surface area contributed by atoms with E-state index in [2.05, 4.69) is 21.2 Å². The van der Waals surface area contributed by atoms with E-state index >= 15 is 0 Å². The van der Waals surface area contributed by atoms with Gasteiger partial charge >= 0.3 is 0 Å². The zero-order valence-corrected chi connectivity index (χ0v) is 12.7. The molecule has 0 saturated heterocycles. The number of rotatable bonds is 2. The van der Waals surface area contributed by atoms with Gasteiger partial charge in [0.25, 0.3) is 5.91 Å². The highest BCUT2D eigenvalue weighted by molar-refractivity contribution is 9.10. The lowest BCUT2D eigenvalue weighted by Crippen LogP contribution is -2.31. The Morgan fingerprint density at radius 1 is 1.67 bits per heavy atom. The lowest BCUT2D eigenvalue weighted by atomic mass is 10.1. The summed E-state index contributed by atoms with van der Waals surface area (Å²) in [5.74, 6) is 0.521. The van der Waals surface area contributed by atoms with E-state index in [0.29, 0.717) is 22.8 Å². The molecular formula is C11H10BrClN2O2S. The van der Waals surface area contributed by atoms with Crippen LogP contribution in [-0.2, 0) is 4.79 Å². The van der Waals surface area contributed by atoms with Crippen LogP contribution in [0.25, 0.3) is 0 Å². The predicted molar refractivity (Wildman–Crippen MR) is 76.7 cm³/mol. The molecular weight excluding hydrogens is 340 g/mol. The zero-order chi connectivity index (χ0) is 13.3. The second kappa shape index (κ2) is 5.50. The molecule has 4 nitrogen and oxygen atoms in total. The van der Waals surface area contributed by atoms with Gasteiger partial charge in [0.05, 0.1) is 20.7 Å². The van der Waals surface area contributed by atoms with Gasteiger partial charge in [0, 0.05) is 24.2 Å². The minimum absolute atomic E-state index is 0.255. The Labute approximate surface area is 122 Å². The fourth-order valence-electron chi connectivity index (χ4n) is 1.78. The summed E-state index contributed by atoms with van der Waals surface area (Å²) in [5, 5.41) is 3.02. The molecule has 0 spiro atoms. The van der Waals surface area contributed by atoms with Crippen LogP contribution in [0.2, 0.25) is 5.02 Å². The van der Waals surface area contributed by atoms with Crippen LogP contribution in [0, 0.1) is 0 Å². The number of amides is 2. The van der Waals surface area contributed by atoms with Crippen LogP contribution in [-0.4, -0.2) is 31.7 Å². The molecule has 2 rings (SSSR count). The van der Waals surface area contributed by atoms with Crippen molar-refractivity contribution >= 4 is 57.3 Å². The topological polar surface area (TPSA) is 49.4 Å². The molecule has 0 radical (unpaired) electrons. The molecule has 0 aliphatic carbocycles. The molecule has 18 heavy (non-hydrogen) atoms. The number of carbonyl (C=O) groups is 2. The van der Waals surface area contributed by atoms with Gasteiger partial charge in [-0.05, 0) is 22.0 Å². The van der Waals surface area contributed by atoms with Gasteiger partial charge in [-0.15, -0.1) is 11.8 Å². The fraction of sp³-hybridized carbons (Fsp3) is 0.273. The van der Waals surface area contributed by atoms with E-state index in [0.717, 1.165) is 21.5 Å². The van der Waals surface area contributed by atoms with Crippen molar-refractivity contribution in [2.75, 3.05) is 24.2 Å². The summed E-state index contributed by atoms with van der Waals surface area (Å²) < 4.78 is 0.725. The third-order valence-corrected chi connectivity index (χ3v) is 5.30. The van der Waals surface area contributed by atoms with Gasteiger partial charge in [0.2, 0.25) is 6.41 Å². The van der Waals surface area contributed by atoms with E-state index in [4.69, 9.17) is 11.6 Å². The molecule has 1 aromatic rings. The van der Waals surface area contributed by atoms with Crippen LogP contribution in [0.1, 0.15) is 10.4 Å². The molecule has 0 atom stereocenters. The number of benzene rings is 1. The highest BCUT2D eigenvalue weighted by Crippen LogP contribution is 2.45. The summed E-state index contributed by atoms with van der Waals surface area (Å²) in [5.41, 5.74) is 1.04. The minimum Gasteiger partial charge on any atom is -0.355 e. The Morgan fingerprint density at radius 3 is 3.00 bits per heavy atom. The number of thioether (sulfide) groups is 1. The van der Waals surface area contributed by atoms with Crippen molar-refractivity contribution in [3.05, 3.63) is 21.1 Å². The van der Waals surface area contributed by atoms with Gasteiger partial charge in [-0.2, -0.15) is 0 Å². The minimum atomic E-state index is -0.255. The maximum Gasteiger partial charge on any atom is 0.253 e. The number of halogens is 2. The zero-order valence-electron chi connectivity index (χ0n) is 9.50. The van der Waals surface area contributed by atoms with Crippen molar-refractivity contribution < 1.29 is 9.59 Å². The molecule has 0 aromatic heterocycles. The summed E-state index contributed by atoms with van der Waals surface area (Å²) in [6.07, 6.45) is 0.741. The highest BCUT2D eigenvalue weighted by atomic mass is 79.9. The predicted octanol–water partition coefficient (Wildman–Crippen LogP) is 2.53. The third kappa shape index (κ3) is 2.24. The van der Waals surface area contributed by atoms with Crippen molar-refractivity contribution in [2.45, 2.75) is 4.90 Å². The maximum absolute atomic E-state index is 11.9. The van der Waals surface area contributed by atoms with Gasteiger partial charge in [-0.1, -0.05) is 11.6 Å². The first-order valence-electron chi connectivity index (χ1n) is 5.19. The number of nitrogens with one attached hydrogen (secondary N) is 1. The first-order chi connectivity index (χ1) is 8.60. The Balaban J connectivity index is 2.70. The summed E-state index contributed by atoms with van der Waals surface area (Å²) in [4.78, 5) is 25.4. The Morgan fingerprint density at radius 2 is 2.39 bits per heavy atom. The largest absolute Gasteiger partial charge is 0.355 e. The van der Waals surface area contributed by atoms with Gasteiger partial charge in [-0.25, -0.2) is 0 Å². The van der Waals surface area contributed by atoms with Gasteiger partial charge in [0.1, 0.15) is 0 Å². The average molecular weight is 350 g/mol. The lowest BCUT2D eigenvalue weighted by molar-refractivity contribution is -0.107. The summed E-state index contributed by atoms with van der Waals surface area (Å²) >= 11 is 11.1. The van der Waals surface area contributed by atoms with Crippen LogP contribution in [0.5, 0.6) is 0 Å². The Kier molecular flexibility index (Phi) is 4.19.